The fourth-order valence-electron chi connectivity index (χ4n) is 2.87. The van der Waals surface area contributed by atoms with Crippen molar-refractivity contribution >= 4 is 17.9 Å². The van der Waals surface area contributed by atoms with E-state index in [0.29, 0.717) is 0 Å². The highest BCUT2D eigenvalue weighted by molar-refractivity contribution is 5.94. The maximum atomic E-state index is 12.8. The summed E-state index contributed by atoms with van der Waals surface area (Å²) in [6, 6.07) is 26.8. The molecule has 3 aromatic carbocycles. The molecule has 0 radical (unpaired) electrons. The molecule has 0 unspecified atom stereocenters. The van der Waals surface area contributed by atoms with Crippen LogP contribution in [0.3, 0.4) is 0 Å². The summed E-state index contributed by atoms with van der Waals surface area (Å²) in [7, 11) is 0. The largest absolute Gasteiger partial charge is 0.272 e. The van der Waals surface area contributed by atoms with E-state index in [-0.39, 0.29) is 5.91 Å². The van der Waals surface area contributed by atoms with E-state index in [2.05, 4.69) is 10.9 Å². The van der Waals surface area contributed by atoms with E-state index in [4.69, 9.17) is 0 Å². The highest BCUT2D eigenvalue weighted by Gasteiger charge is 2.22. The maximum absolute atomic E-state index is 12.8. The van der Waals surface area contributed by atoms with Gasteiger partial charge < -0.3 is 0 Å². The number of benzene rings is 3. The molecular formula is C24H22N2O2. The van der Waals surface area contributed by atoms with Crippen LogP contribution in [0.5, 0.6) is 0 Å². The Labute approximate surface area is 164 Å². The Morgan fingerprint density at radius 1 is 0.750 bits per heavy atom. The second-order valence-electron chi connectivity index (χ2n) is 6.48. The van der Waals surface area contributed by atoms with Gasteiger partial charge in [-0.2, -0.15) is 0 Å². The average Bonchev–Trinajstić information content (AvgIpc) is 2.73. The normalized spacial score (nSPS) is 10.8. The monoisotopic (exact) mass is 370 g/mol. The molecule has 0 spiro atoms. The Hall–Kier alpha value is -3.66. The summed E-state index contributed by atoms with van der Waals surface area (Å²) >= 11 is 0. The molecule has 4 heteroatoms. The van der Waals surface area contributed by atoms with Crippen molar-refractivity contribution in [2.45, 2.75) is 12.8 Å². The van der Waals surface area contributed by atoms with E-state index in [1.54, 1.807) is 6.08 Å². The van der Waals surface area contributed by atoms with Crippen LogP contribution in [0.2, 0.25) is 0 Å². The smallest absolute Gasteiger partial charge is 0.262 e. The van der Waals surface area contributed by atoms with Crippen LogP contribution < -0.4 is 10.9 Å². The van der Waals surface area contributed by atoms with Gasteiger partial charge in [0.1, 0.15) is 0 Å². The first-order chi connectivity index (χ1) is 13.6. The molecule has 0 aliphatic carbocycles. The van der Waals surface area contributed by atoms with Crippen molar-refractivity contribution < 1.29 is 9.59 Å². The van der Waals surface area contributed by atoms with Gasteiger partial charge in [0.2, 0.25) is 5.91 Å². The SMILES string of the molecule is Cc1ccc(/C=C/C(=O)NNC(=O)C(c2ccccc2)c2ccccc2)cc1. The van der Waals surface area contributed by atoms with Crippen molar-refractivity contribution in [3.05, 3.63) is 113 Å². The standard InChI is InChI=1S/C24H22N2O2/c1-18-12-14-19(15-13-18)16-17-22(27)25-26-24(28)23(20-8-4-2-5-9-20)21-10-6-3-7-11-21/h2-17,23H,1H3,(H,25,27)(H,26,28)/b17-16+. The van der Waals surface area contributed by atoms with Gasteiger partial charge >= 0.3 is 0 Å². The molecule has 0 atom stereocenters. The quantitative estimate of drug-likeness (QED) is 0.527. The molecule has 0 heterocycles. The molecule has 3 rings (SSSR count). The third kappa shape index (κ3) is 5.17. The van der Waals surface area contributed by atoms with Gasteiger partial charge in [-0.15, -0.1) is 0 Å². The van der Waals surface area contributed by atoms with Crippen LogP contribution in [-0.4, -0.2) is 11.8 Å². The lowest BCUT2D eigenvalue weighted by atomic mass is 9.91. The second kappa shape index (κ2) is 9.33. The lowest BCUT2D eigenvalue weighted by molar-refractivity contribution is -0.127. The zero-order valence-corrected chi connectivity index (χ0v) is 15.6. The van der Waals surface area contributed by atoms with Gasteiger partial charge in [-0.1, -0.05) is 90.5 Å². The summed E-state index contributed by atoms with van der Waals surface area (Å²) in [5.41, 5.74) is 8.78. The van der Waals surface area contributed by atoms with E-state index in [9.17, 15) is 9.59 Å². The zero-order valence-electron chi connectivity index (χ0n) is 15.6. The molecule has 2 N–H and O–H groups in total. The maximum Gasteiger partial charge on any atom is 0.262 e. The van der Waals surface area contributed by atoms with Gasteiger partial charge in [0.25, 0.3) is 5.91 Å². The first-order valence-electron chi connectivity index (χ1n) is 9.08. The molecule has 140 valence electrons. The summed E-state index contributed by atoms with van der Waals surface area (Å²) in [6.07, 6.45) is 3.10. The summed E-state index contributed by atoms with van der Waals surface area (Å²) < 4.78 is 0. The van der Waals surface area contributed by atoms with Crippen LogP contribution in [-0.2, 0) is 9.59 Å². The molecular weight excluding hydrogens is 348 g/mol. The summed E-state index contributed by atoms with van der Waals surface area (Å²) in [5, 5.41) is 0. The minimum absolute atomic E-state index is 0.297. The minimum atomic E-state index is -0.510. The third-order valence-corrected chi connectivity index (χ3v) is 4.34. The van der Waals surface area contributed by atoms with Gasteiger partial charge in [0, 0.05) is 6.08 Å². The number of carbonyl (C=O) groups is 2. The van der Waals surface area contributed by atoms with Crippen molar-refractivity contribution in [2.75, 3.05) is 0 Å². The Bertz CT molecular complexity index is 909. The highest BCUT2D eigenvalue weighted by Crippen LogP contribution is 2.24. The number of nitrogens with one attached hydrogen (secondary N) is 2. The minimum Gasteiger partial charge on any atom is -0.272 e. The topological polar surface area (TPSA) is 58.2 Å². The molecule has 28 heavy (non-hydrogen) atoms. The van der Waals surface area contributed by atoms with Crippen molar-refractivity contribution in [1.29, 1.82) is 0 Å². The highest BCUT2D eigenvalue weighted by atomic mass is 16.2. The molecule has 0 aliphatic heterocycles. The van der Waals surface area contributed by atoms with E-state index >= 15 is 0 Å². The molecule has 4 nitrogen and oxygen atoms in total. The second-order valence-corrected chi connectivity index (χ2v) is 6.48. The number of rotatable bonds is 5. The zero-order chi connectivity index (χ0) is 19.8. The molecule has 0 saturated heterocycles. The fourth-order valence-corrected chi connectivity index (χ4v) is 2.87. The first kappa shape index (κ1) is 19.1. The van der Waals surface area contributed by atoms with Gasteiger partial charge in [-0.3, -0.25) is 20.4 Å². The van der Waals surface area contributed by atoms with Crippen molar-refractivity contribution in [3.8, 4) is 0 Å². The van der Waals surface area contributed by atoms with E-state index in [1.807, 2.05) is 91.9 Å². The molecule has 0 aliphatic rings. The Kier molecular flexibility index (Phi) is 6.37. The van der Waals surface area contributed by atoms with Crippen molar-refractivity contribution in [3.63, 3.8) is 0 Å². The number of hydrogen-bond donors (Lipinski definition) is 2. The van der Waals surface area contributed by atoms with Gasteiger partial charge in [-0.05, 0) is 29.7 Å². The molecule has 0 aromatic heterocycles. The Balaban J connectivity index is 1.67. The van der Waals surface area contributed by atoms with Gasteiger partial charge in [0.05, 0.1) is 5.92 Å². The summed E-state index contributed by atoms with van der Waals surface area (Å²) in [5.74, 6) is -1.20. The molecule has 0 fully saturated rings. The number of amides is 2. The lowest BCUT2D eigenvalue weighted by Gasteiger charge is -2.17. The average molecular weight is 370 g/mol. The lowest BCUT2D eigenvalue weighted by Crippen LogP contribution is -2.43. The predicted octanol–water partition coefficient (Wildman–Crippen LogP) is 3.99. The van der Waals surface area contributed by atoms with Crippen LogP contribution >= 0.6 is 0 Å². The van der Waals surface area contributed by atoms with Crippen molar-refractivity contribution in [1.82, 2.24) is 10.9 Å². The van der Waals surface area contributed by atoms with Crippen LogP contribution in [0.25, 0.3) is 6.08 Å². The Morgan fingerprint density at radius 3 is 1.82 bits per heavy atom. The Morgan fingerprint density at radius 2 is 1.29 bits per heavy atom. The summed E-state index contributed by atoms with van der Waals surface area (Å²) in [6.45, 7) is 2.01. The number of aryl methyl sites for hydroxylation is 1. The molecule has 0 saturated carbocycles. The van der Waals surface area contributed by atoms with Crippen LogP contribution in [0.4, 0.5) is 0 Å². The van der Waals surface area contributed by atoms with Gasteiger partial charge in [-0.25, -0.2) is 0 Å². The van der Waals surface area contributed by atoms with Crippen molar-refractivity contribution in [2.24, 2.45) is 0 Å². The van der Waals surface area contributed by atoms with E-state index < -0.39 is 11.8 Å². The predicted molar refractivity (Wildman–Crippen MR) is 111 cm³/mol. The molecule has 2 amide bonds. The third-order valence-electron chi connectivity index (χ3n) is 4.34. The first-order valence-corrected chi connectivity index (χ1v) is 9.08. The van der Waals surface area contributed by atoms with Crippen LogP contribution in [0.15, 0.2) is 91.0 Å². The fraction of sp³-hybridized carbons (Fsp3) is 0.0833. The molecule has 0 bridgehead atoms. The number of hydrazine groups is 1. The van der Waals surface area contributed by atoms with E-state index in [0.717, 1.165) is 22.3 Å². The summed E-state index contributed by atoms with van der Waals surface area (Å²) in [4.78, 5) is 24.9. The van der Waals surface area contributed by atoms with Gasteiger partial charge in [0.15, 0.2) is 0 Å². The van der Waals surface area contributed by atoms with Crippen LogP contribution in [0, 0.1) is 6.92 Å². The van der Waals surface area contributed by atoms with Crippen LogP contribution in [0.1, 0.15) is 28.2 Å². The molecule has 3 aromatic rings. The number of carbonyl (C=O) groups excluding carboxylic acids is 2. The number of hydrogen-bond acceptors (Lipinski definition) is 2. The van der Waals surface area contributed by atoms with E-state index in [1.165, 1.54) is 6.08 Å².